The van der Waals surface area contributed by atoms with Crippen LogP contribution in [0.2, 0.25) is 0 Å². The molecule has 0 aromatic heterocycles. The molecule has 73 heavy (non-hydrogen) atoms. The summed E-state index contributed by atoms with van der Waals surface area (Å²) in [6, 6.07) is 94.6. The van der Waals surface area contributed by atoms with Crippen LogP contribution in [0.25, 0.3) is 98.4 Å². The third-order valence-electron chi connectivity index (χ3n) is 17.2. The second kappa shape index (κ2) is 14.8. The second-order valence-corrected chi connectivity index (χ2v) is 21.1. The van der Waals surface area contributed by atoms with Gasteiger partial charge in [0.2, 0.25) is 0 Å². The molecule has 13 aromatic carbocycles. The Balaban J connectivity index is 1.05. The van der Waals surface area contributed by atoms with E-state index in [-0.39, 0.29) is 5.41 Å². The van der Waals surface area contributed by atoms with Gasteiger partial charge in [-0.05, 0) is 169 Å². The number of rotatable bonds is 4. The summed E-state index contributed by atoms with van der Waals surface area (Å²) in [4.78, 5) is 2.59. The quantitative estimate of drug-likeness (QED) is 0.159. The van der Waals surface area contributed by atoms with Crippen molar-refractivity contribution in [1.82, 2.24) is 0 Å². The first-order valence-electron chi connectivity index (χ1n) is 25.7. The first-order valence-corrected chi connectivity index (χ1v) is 25.7. The highest BCUT2D eigenvalue weighted by molar-refractivity contribution is 6.26. The van der Waals surface area contributed by atoms with Gasteiger partial charge >= 0.3 is 0 Å². The van der Waals surface area contributed by atoms with E-state index in [1.165, 1.54) is 132 Å². The minimum absolute atomic E-state index is 0.112. The molecule has 0 heterocycles. The minimum atomic E-state index is -0.528. The van der Waals surface area contributed by atoms with Gasteiger partial charge in [-0.25, -0.2) is 0 Å². The van der Waals surface area contributed by atoms with Gasteiger partial charge in [0.15, 0.2) is 0 Å². The number of anilines is 3. The molecule has 0 amide bonds. The normalized spacial score (nSPS) is 14.1. The summed E-state index contributed by atoms with van der Waals surface area (Å²) in [7, 11) is 0. The van der Waals surface area contributed by atoms with Gasteiger partial charge in [0.1, 0.15) is 0 Å². The van der Waals surface area contributed by atoms with Crippen LogP contribution >= 0.6 is 0 Å². The molecule has 3 aliphatic rings. The molecule has 0 bridgehead atoms. The molecule has 3 aliphatic carbocycles. The third kappa shape index (κ3) is 5.41. The first kappa shape index (κ1) is 40.7. The van der Waals surface area contributed by atoms with E-state index < -0.39 is 5.41 Å². The Morgan fingerprint density at radius 3 is 1.34 bits per heavy atom. The zero-order valence-electron chi connectivity index (χ0n) is 40.6. The van der Waals surface area contributed by atoms with Crippen LogP contribution in [0.1, 0.15) is 47.2 Å². The number of nitrogens with zero attached hydrogens (tertiary/aromatic N) is 1. The fourth-order valence-corrected chi connectivity index (χ4v) is 14.0. The maximum atomic E-state index is 2.60. The second-order valence-electron chi connectivity index (χ2n) is 21.1. The van der Waals surface area contributed by atoms with Crippen molar-refractivity contribution in [3.63, 3.8) is 0 Å². The minimum Gasteiger partial charge on any atom is -0.310 e. The zero-order valence-corrected chi connectivity index (χ0v) is 40.6. The van der Waals surface area contributed by atoms with Crippen molar-refractivity contribution in [2.24, 2.45) is 0 Å². The summed E-state index contributed by atoms with van der Waals surface area (Å²) in [6.45, 7) is 4.76. The van der Waals surface area contributed by atoms with Gasteiger partial charge in [0.05, 0.1) is 11.1 Å². The Labute approximate surface area is 424 Å². The van der Waals surface area contributed by atoms with E-state index >= 15 is 0 Å². The zero-order chi connectivity index (χ0) is 48.2. The molecular weight excluding hydrogens is 879 g/mol. The molecule has 1 spiro atoms. The Morgan fingerprint density at radius 1 is 0.260 bits per heavy atom. The molecule has 0 saturated heterocycles. The van der Waals surface area contributed by atoms with Gasteiger partial charge in [0.25, 0.3) is 0 Å². The van der Waals surface area contributed by atoms with Crippen molar-refractivity contribution in [2.45, 2.75) is 24.7 Å². The van der Waals surface area contributed by atoms with Crippen LogP contribution in [0, 0.1) is 0 Å². The van der Waals surface area contributed by atoms with Gasteiger partial charge in [-0.15, -0.1) is 0 Å². The molecule has 1 heteroatoms. The molecule has 0 radical (unpaired) electrons. The monoisotopic (exact) mass is 925 g/mol. The summed E-state index contributed by atoms with van der Waals surface area (Å²) in [5.74, 6) is 0. The third-order valence-corrected chi connectivity index (χ3v) is 17.2. The molecule has 13 aromatic rings. The maximum Gasteiger partial charge on any atom is 0.0726 e. The number of fused-ring (bicyclic) bond motifs is 22. The van der Waals surface area contributed by atoms with Gasteiger partial charge < -0.3 is 4.90 Å². The van der Waals surface area contributed by atoms with Crippen LogP contribution in [0.4, 0.5) is 17.1 Å². The van der Waals surface area contributed by atoms with Crippen molar-refractivity contribution in [1.29, 1.82) is 0 Å². The number of benzene rings is 13. The summed E-state index contributed by atoms with van der Waals surface area (Å²) >= 11 is 0. The fourth-order valence-electron chi connectivity index (χ4n) is 14.0. The summed E-state index contributed by atoms with van der Waals surface area (Å²) in [6.07, 6.45) is 0. The maximum absolute atomic E-state index is 2.60. The molecule has 16 rings (SSSR count). The molecular formula is C72H47N. The summed E-state index contributed by atoms with van der Waals surface area (Å²) < 4.78 is 0. The van der Waals surface area contributed by atoms with Crippen LogP contribution in [0.5, 0.6) is 0 Å². The highest BCUT2D eigenvalue weighted by Gasteiger charge is 2.52. The van der Waals surface area contributed by atoms with Crippen molar-refractivity contribution >= 4 is 70.9 Å². The Kier molecular flexibility index (Phi) is 8.22. The van der Waals surface area contributed by atoms with Gasteiger partial charge in [-0.1, -0.05) is 220 Å². The predicted octanol–water partition coefficient (Wildman–Crippen LogP) is 19.2. The van der Waals surface area contributed by atoms with Gasteiger partial charge in [-0.2, -0.15) is 0 Å². The van der Waals surface area contributed by atoms with Crippen LogP contribution < -0.4 is 4.90 Å². The van der Waals surface area contributed by atoms with Crippen molar-refractivity contribution in [3.05, 3.63) is 282 Å². The Hall–Kier alpha value is -9.04. The number of hydrogen-bond acceptors (Lipinski definition) is 1. The van der Waals surface area contributed by atoms with Crippen LogP contribution in [-0.2, 0) is 10.8 Å². The van der Waals surface area contributed by atoms with E-state index in [1.54, 1.807) is 0 Å². The van der Waals surface area contributed by atoms with Gasteiger partial charge in [0, 0.05) is 22.4 Å². The summed E-state index contributed by atoms with van der Waals surface area (Å²) in [5.41, 5.74) is 21.0. The van der Waals surface area contributed by atoms with Crippen molar-refractivity contribution < 1.29 is 0 Å². The lowest BCUT2D eigenvalue weighted by molar-refractivity contribution is 0.660. The van der Waals surface area contributed by atoms with Crippen LogP contribution in [0.3, 0.4) is 0 Å². The lowest BCUT2D eigenvalue weighted by Crippen LogP contribution is -2.26. The average Bonchev–Trinajstić information content (AvgIpc) is 4.00. The molecule has 0 aliphatic heterocycles. The largest absolute Gasteiger partial charge is 0.310 e. The molecule has 340 valence electrons. The smallest absolute Gasteiger partial charge is 0.0726 e. The number of hydrogen-bond donors (Lipinski definition) is 0. The molecule has 0 unspecified atom stereocenters. The lowest BCUT2D eigenvalue weighted by atomic mass is 9.70. The first-order chi connectivity index (χ1) is 36.0. The van der Waals surface area contributed by atoms with E-state index in [4.69, 9.17) is 0 Å². The van der Waals surface area contributed by atoms with Crippen LogP contribution in [-0.4, -0.2) is 0 Å². The molecule has 0 atom stereocenters. The topological polar surface area (TPSA) is 3.24 Å². The Morgan fingerprint density at radius 2 is 0.699 bits per heavy atom. The highest BCUT2D eigenvalue weighted by Crippen LogP contribution is 2.64. The Bertz CT molecular complexity index is 4470. The van der Waals surface area contributed by atoms with Crippen LogP contribution in [0.15, 0.2) is 249 Å². The SMILES string of the molecule is CC1(C)c2ccccc2-c2cc(-c3cc4c(cc3N(c3ccc5c(ccc6ccccc65)c3)c3ccc5c6ccccc6c6ccccc6c5c3)C3(c5ccccc5-c5ccccc53)c3ccccc3-4)ccc21. The van der Waals surface area contributed by atoms with Crippen molar-refractivity contribution in [3.8, 4) is 44.5 Å². The fraction of sp³-hybridized carbons (Fsp3) is 0.0556. The van der Waals surface area contributed by atoms with E-state index in [2.05, 4.69) is 267 Å². The van der Waals surface area contributed by atoms with E-state index in [0.717, 1.165) is 17.1 Å². The average molecular weight is 926 g/mol. The van der Waals surface area contributed by atoms with Crippen molar-refractivity contribution in [2.75, 3.05) is 4.90 Å². The van der Waals surface area contributed by atoms with E-state index in [9.17, 15) is 0 Å². The highest BCUT2D eigenvalue weighted by atomic mass is 15.1. The predicted molar refractivity (Wildman–Crippen MR) is 308 cm³/mol. The molecule has 0 saturated carbocycles. The molecule has 0 fully saturated rings. The molecule has 1 nitrogen and oxygen atoms in total. The summed E-state index contributed by atoms with van der Waals surface area (Å²) in [5, 5.41) is 12.5. The lowest BCUT2D eigenvalue weighted by Gasteiger charge is -2.33. The molecule has 0 N–H and O–H groups in total. The van der Waals surface area contributed by atoms with E-state index in [0.29, 0.717) is 0 Å². The van der Waals surface area contributed by atoms with E-state index in [1.807, 2.05) is 0 Å². The standard InChI is InChI=1S/C72H47N/c1-71(2)64-27-13-9-25-58(64)62-40-46(33-38-65(62)71)60-42-63-59-26-12-16-30-68(59)72(66-28-14-10-23-56(66)57-24-11-15-29-67(57)72)69(63)43-70(60)73(47-34-36-50-45(39-47)32-31-44-17-3-4-18-49(44)50)48-35-37-55-53-21-6-5-19-51(53)52-20-7-8-22-54(52)61(55)41-48/h3-43H,1-2H3. The van der Waals surface area contributed by atoms with Gasteiger partial charge in [-0.3, -0.25) is 0 Å².